The van der Waals surface area contributed by atoms with Gasteiger partial charge >= 0.3 is 5.63 Å². The summed E-state index contributed by atoms with van der Waals surface area (Å²) in [6.07, 6.45) is 4.91. The van der Waals surface area contributed by atoms with Crippen molar-refractivity contribution in [2.45, 2.75) is 12.8 Å². The van der Waals surface area contributed by atoms with Gasteiger partial charge in [-0.05, 0) is 43.3 Å². The maximum atomic E-state index is 13.3. The number of hydrogen-bond acceptors (Lipinski definition) is 8. The van der Waals surface area contributed by atoms with Crippen LogP contribution in [-0.4, -0.2) is 24.6 Å². The van der Waals surface area contributed by atoms with Gasteiger partial charge in [0, 0.05) is 18.0 Å². The van der Waals surface area contributed by atoms with Crippen LogP contribution in [-0.2, 0) is 0 Å². The highest BCUT2D eigenvalue weighted by molar-refractivity contribution is 5.86. The number of para-hydroxylation sites is 1. The van der Waals surface area contributed by atoms with Gasteiger partial charge in [0.05, 0.1) is 22.4 Å². The number of aromatic nitrogens is 5. The molecule has 0 fully saturated rings. The predicted octanol–water partition coefficient (Wildman–Crippen LogP) is 4.48. The predicted molar refractivity (Wildman–Crippen MR) is 121 cm³/mol. The van der Waals surface area contributed by atoms with Gasteiger partial charge < -0.3 is 13.6 Å². The van der Waals surface area contributed by atoms with E-state index in [1.807, 2.05) is 43.3 Å². The monoisotopic (exact) mass is 449 g/mol. The topological polar surface area (TPSA) is 109 Å². The summed E-state index contributed by atoms with van der Waals surface area (Å²) in [5.74, 6) is 1.89. The van der Waals surface area contributed by atoms with Crippen LogP contribution < -0.4 is 10.4 Å². The lowest BCUT2D eigenvalue weighted by Gasteiger charge is -2.25. The molecule has 0 radical (unpaired) electrons. The van der Waals surface area contributed by atoms with Crippen molar-refractivity contribution >= 4 is 16.6 Å². The molecule has 9 heteroatoms. The zero-order chi connectivity index (χ0) is 22.8. The molecule has 1 atom stereocenters. The number of hydrogen-bond donors (Lipinski definition) is 0. The van der Waals surface area contributed by atoms with E-state index in [0.717, 1.165) is 5.56 Å². The maximum absolute atomic E-state index is 13.3. The average molecular weight is 449 g/mol. The number of benzene rings is 1. The molecule has 5 aromatic heterocycles. The minimum absolute atomic E-state index is 0.337. The number of fused-ring (bicyclic) bond motifs is 6. The molecule has 0 aliphatic carbocycles. The Bertz CT molecular complexity index is 1780. The van der Waals surface area contributed by atoms with Crippen molar-refractivity contribution in [2.75, 3.05) is 0 Å². The van der Waals surface area contributed by atoms with E-state index in [-0.39, 0.29) is 0 Å². The van der Waals surface area contributed by atoms with Crippen molar-refractivity contribution in [1.82, 2.24) is 24.6 Å². The van der Waals surface area contributed by atoms with E-state index in [1.54, 1.807) is 35.4 Å². The van der Waals surface area contributed by atoms with Crippen LogP contribution in [0.15, 0.2) is 80.9 Å². The van der Waals surface area contributed by atoms with Crippen LogP contribution in [0.25, 0.3) is 28.0 Å². The maximum Gasteiger partial charge on any atom is 0.344 e. The Balaban J connectivity index is 1.56. The van der Waals surface area contributed by atoms with Crippen molar-refractivity contribution in [3.8, 4) is 23.0 Å². The molecule has 0 saturated heterocycles. The third-order valence-corrected chi connectivity index (χ3v) is 5.95. The Morgan fingerprint density at radius 3 is 2.65 bits per heavy atom. The van der Waals surface area contributed by atoms with E-state index in [4.69, 9.17) is 18.6 Å². The van der Waals surface area contributed by atoms with Gasteiger partial charge in [0.1, 0.15) is 23.4 Å². The molecular formula is C25H15N5O4. The van der Waals surface area contributed by atoms with Crippen LogP contribution >= 0.6 is 0 Å². The Morgan fingerprint density at radius 2 is 1.82 bits per heavy atom. The van der Waals surface area contributed by atoms with Gasteiger partial charge in [0.15, 0.2) is 17.2 Å². The van der Waals surface area contributed by atoms with Crippen LogP contribution in [0.2, 0.25) is 0 Å². The first-order valence-corrected chi connectivity index (χ1v) is 10.6. The molecule has 0 bridgehead atoms. The number of aryl methyl sites for hydroxylation is 1. The number of furan rings is 1. The molecule has 34 heavy (non-hydrogen) atoms. The van der Waals surface area contributed by atoms with Crippen molar-refractivity contribution in [1.29, 1.82) is 0 Å². The summed E-state index contributed by atoms with van der Waals surface area (Å²) in [6, 6.07) is 14.6. The van der Waals surface area contributed by atoms with Crippen LogP contribution in [0.3, 0.4) is 0 Å². The van der Waals surface area contributed by atoms with E-state index in [1.165, 1.54) is 0 Å². The van der Waals surface area contributed by atoms with E-state index >= 15 is 0 Å². The number of pyridine rings is 1. The van der Waals surface area contributed by atoms with Crippen molar-refractivity contribution in [3.63, 3.8) is 0 Å². The minimum atomic E-state index is -0.640. The molecule has 0 spiro atoms. The molecule has 1 aromatic carbocycles. The quantitative estimate of drug-likeness (QED) is 0.356. The molecule has 0 N–H and O–H groups in total. The fraction of sp³-hybridized carbons (Fsp3) is 0.0800. The lowest BCUT2D eigenvalue weighted by Crippen LogP contribution is -2.22. The zero-order valence-electron chi connectivity index (χ0n) is 17.8. The highest BCUT2D eigenvalue weighted by Crippen LogP contribution is 2.49. The van der Waals surface area contributed by atoms with Crippen LogP contribution in [0, 0.1) is 6.92 Å². The Morgan fingerprint density at radius 1 is 0.971 bits per heavy atom. The molecule has 164 valence electrons. The second-order valence-electron chi connectivity index (χ2n) is 8.01. The Labute approximate surface area is 191 Å². The summed E-state index contributed by atoms with van der Waals surface area (Å²) in [5, 5.41) is 5.26. The standard InChI is InChI=1S/C25H15N5O4/c1-13-6-7-17(32-13)18-19-21(15-4-2-3-5-16(15)33-25(19)31)34-24-20(18)23-28-22(29-30(23)12-27-24)14-8-10-26-11-9-14/h2-12,18H,1H3. The van der Waals surface area contributed by atoms with Crippen LogP contribution in [0.1, 0.15) is 28.6 Å². The van der Waals surface area contributed by atoms with Crippen molar-refractivity contribution < 1.29 is 13.6 Å². The highest BCUT2D eigenvalue weighted by atomic mass is 16.5. The van der Waals surface area contributed by atoms with Gasteiger partial charge in [-0.25, -0.2) is 19.3 Å². The van der Waals surface area contributed by atoms with Gasteiger partial charge in [-0.1, -0.05) is 12.1 Å². The van der Waals surface area contributed by atoms with E-state index in [9.17, 15) is 4.79 Å². The summed E-state index contributed by atoms with van der Waals surface area (Å²) < 4.78 is 19.5. The molecule has 1 unspecified atom stereocenters. The SMILES string of the molecule is Cc1ccc(C2c3c(c4ccccc4oc3=O)Oc3ncn4nc(-c5ccncc5)nc4c32)o1. The summed E-state index contributed by atoms with van der Waals surface area (Å²) in [7, 11) is 0. The lowest BCUT2D eigenvalue weighted by atomic mass is 9.88. The first kappa shape index (κ1) is 18.8. The van der Waals surface area contributed by atoms with Gasteiger partial charge in [-0.2, -0.15) is 0 Å². The van der Waals surface area contributed by atoms with Gasteiger partial charge in [0.25, 0.3) is 0 Å². The van der Waals surface area contributed by atoms with Crippen molar-refractivity contribution in [3.05, 3.63) is 100 Å². The Kier molecular flexibility index (Phi) is 3.78. The van der Waals surface area contributed by atoms with Gasteiger partial charge in [-0.3, -0.25) is 4.98 Å². The van der Waals surface area contributed by atoms with Gasteiger partial charge in [0.2, 0.25) is 5.88 Å². The zero-order valence-corrected chi connectivity index (χ0v) is 17.8. The average Bonchev–Trinajstić information content (AvgIpc) is 3.50. The van der Waals surface area contributed by atoms with Gasteiger partial charge in [-0.15, -0.1) is 5.10 Å². The molecule has 1 aliphatic rings. The third kappa shape index (κ3) is 2.64. The summed E-state index contributed by atoms with van der Waals surface area (Å²) >= 11 is 0. The first-order valence-electron chi connectivity index (χ1n) is 10.6. The van der Waals surface area contributed by atoms with Crippen LogP contribution in [0.5, 0.6) is 11.6 Å². The molecular weight excluding hydrogens is 434 g/mol. The number of ether oxygens (including phenoxy) is 1. The number of nitrogens with zero attached hydrogens (tertiary/aromatic N) is 5. The molecule has 6 heterocycles. The molecule has 7 rings (SSSR count). The van der Waals surface area contributed by atoms with E-state index in [2.05, 4.69) is 15.1 Å². The molecule has 0 saturated carbocycles. The summed E-state index contributed by atoms with van der Waals surface area (Å²) in [4.78, 5) is 26.6. The minimum Gasteiger partial charge on any atom is -0.465 e. The molecule has 9 nitrogen and oxygen atoms in total. The lowest BCUT2D eigenvalue weighted by molar-refractivity contribution is 0.402. The second-order valence-corrected chi connectivity index (χ2v) is 8.01. The highest BCUT2D eigenvalue weighted by Gasteiger charge is 2.39. The molecule has 1 aliphatic heterocycles. The molecule has 0 amide bonds. The second kappa shape index (κ2) is 6.85. The summed E-state index contributed by atoms with van der Waals surface area (Å²) in [6.45, 7) is 1.85. The van der Waals surface area contributed by atoms with E-state index < -0.39 is 11.5 Å². The third-order valence-electron chi connectivity index (χ3n) is 5.95. The van der Waals surface area contributed by atoms with Crippen LogP contribution in [0.4, 0.5) is 0 Å². The van der Waals surface area contributed by atoms with E-state index in [0.29, 0.717) is 56.7 Å². The fourth-order valence-corrected chi connectivity index (χ4v) is 4.45. The largest absolute Gasteiger partial charge is 0.465 e. The smallest absolute Gasteiger partial charge is 0.344 e. The normalized spacial score (nSPS) is 14.7. The van der Waals surface area contributed by atoms with Crippen molar-refractivity contribution in [2.24, 2.45) is 0 Å². The fourth-order valence-electron chi connectivity index (χ4n) is 4.45. The Hall–Kier alpha value is -4.79. The summed E-state index contributed by atoms with van der Waals surface area (Å²) in [5.41, 5.74) is 2.17. The first-order chi connectivity index (χ1) is 16.7. The number of rotatable bonds is 2. The molecule has 6 aromatic rings.